The van der Waals surface area contributed by atoms with Crippen molar-refractivity contribution in [2.75, 3.05) is 43.0 Å². The maximum absolute atomic E-state index is 12.2. The number of benzene rings is 1. The smallest absolute Gasteiger partial charge is 0.219 e. The highest BCUT2D eigenvalue weighted by Gasteiger charge is 2.29. The number of ketones is 1. The summed E-state index contributed by atoms with van der Waals surface area (Å²) < 4.78 is 6.07. The van der Waals surface area contributed by atoms with E-state index in [0.717, 1.165) is 29.0 Å². The SMILES string of the molecule is CCOc1c(Nc2cc(C)[nH]n2)nc(Sc2ccc(CC(=O)C3CC3)cc2)nc1N1CCN(C(C)=O)CC1. The highest BCUT2D eigenvalue weighted by Crippen LogP contribution is 2.39. The molecule has 1 aliphatic carbocycles. The van der Waals surface area contributed by atoms with Crippen molar-refractivity contribution in [3.63, 3.8) is 0 Å². The van der Waals surface area contributed by atoms with Gasteiger partial charge in [0.15, 0.2) is 22.6 Å². The molecule has 2 aliphatic rings. The molecule has 2 aromatic heterocycles. The minimum absolute atomic E-state index is 0.0761. The van der Waals surface area contributed by atoms with Crippen molar-refractivity contribution in [1.29, 1.82) is 0 Å². The third-order valence-electron chi connectivity index (χ3n) is 6.64. The number of aromatic nitrogens is 4. The van der Waals surface area contributed by atoms with Gasteiger partial charge >= 0.3 is 0 Å². The summed E-state index contributed by atoms with van der Waals surface area (Å²) in [5.41, 5.74) is 1.95. The Hall–Kier alpha value is -3.60. The normalized spacial score (nSPS) is 15.4. The maximum Gasteiger partial charge on any atom is 0.219 e. The fourth-order valence-electron chi connectivity index (χ4n) is 4.41. The number of H-pyrrole nitrogens is 1. The largest absolute Gasteiger partial charge is 0.487 e. The number of Topliss-reactive ketones (excluding diaryl/α,β-unsaturated/α-hetero) is 1. The van der Waals surface area contributed by atoms with Gasteiger partial charge in [0.2, 0.25) is 11.7 Å². The first-order chi connectivity index (χ1) is 18.4. The Balaban J connectivity index is 1.43. The standard InChI is InChI=1S/C27H33N7O3S/c1-4-37-24-25(28-23-15-17(2)31-32-23)29-27(30-26(24)34-13-11-33(12-14-34)18(3)35)38-21-9-5-19(6-10-21)16-22(36)20-7-8-20/h5-6,9-10,15,20H,4,7-8,11-14,16H2,1-3H3,(H2,28,29,30,31,32). The third kappa shape index (κ3) is 6.27. The Bertz CT molecular complexity index is 1300. The van der Waals surface area contributed by atoms with Crippen molar-refractivity contribution < 1.29 is 14.3 Å². The monoisotopic (exact) mass is 535 g/mol. The highest BCUT2D eigenvalue weighted by atomic mass is 32.2. The fourth-order valence-corrected chi connectivity index (χ4v) is 5.16. The Morgan fingerprint density at radius 3 is 2.47 bits per heavy atom. The molecule has 3 heterocycles. The Kier molecular flexibility index (Phi) is 7.82. The van der Waals surface area contributed by atoms with E-state index in [1.54, 1.807) is 6.92 Å². The van der Waals surface area contributed by atoms with E-state index in [-0.39, 0.29) is 11.8 Å². The minimum Gasteiger partial charge on any atom is -0.487 e. The number of hydrogen-bond donors (Lipinski definition) is 2. The van der Waals surface area contributed by atoms with E-state index in [2.05, 4.69) is 20.4 Å². The summed E-state index contributed by atoms with van der Waals surface area (Å²) >= 11 is 1.45. The van der Waals surface area contributed by atoms with Crippen LogP contribution in [0.4, 0.5) is 17.5 Å². The van der Waals surface area contributed by atoms with E-state index in [0.29, 0.717) is 73.3 Å². The Morgan fingerprint density at radius 1 is 1.13 bits per heavy atom. The van der Waals surface area contributed by atoms with Gasteiger partial charge in [-0.3, -0.25) is 14.7 Å². The number of rotatable bonds is 10. The average molecular weight is 536 g/mol. The molecule has 0 spiro atoms. The summed E-state index contributed by atoms with van der Waals surface area (Å²) in [4.78, 5) is 38.7. The number of amides is 1. The predicted octanol–water partition coefficient (Wildman–Crippen LogP) is 3.99. The van der Waals surface area contributed by atoms with Crippen LogP contribution >= 0.6 is 11.8 Å². The van der Waals surface area contributed by atoms with Crippen LogP contribution in [-0.2, 0) is 16.0 Å². The van der Waals surface area contributed by atoms with Gasteiger partial charge in [-0.2, -0.15) is 5.10 Å². The van der Waals surface area contributed by atoms with Crippen molar-refractivity contribution in [1.82, 2.24) is 25.1 Å². The summed E-state index contributed by atoms with van der Waals surface area (Å²) in [5, 5.41) is 11.1. The van der Waals surface area contributed by atoms with E-state index >= 15 is 0 Å². The van der Waals surface area contributed by atoms with E-state index in [9.17, 15) is 9.59 Å². The lowest BCUT2D eigenvalue weighted by Gasteiger charge is -2.35. The molecule has 0 unspecified atom stereocenters. The average Bonchev–Trinajstić information content (AvgIpc) is 3.68. The number of piperazine rings is 1. The van der Waals surface area contributed by atoms with Crippen LogP contribution in [0.5, 0.6) is 5.75 Å². The van der Waals surface area contributed by atoms with Crippen LogP contribution in [0.25, 0.3) is 0 Å². The molecule has 11 heteroatoms. The van der Waals surface area contributed by atoms with Gasteiger partial charge in [-0.25, -0.2) is 9.97 Å². The second-order valence-electron chi connectivity index (χ2n) is 9.66. The van der Waals surface area contributed by atoms with Crippen molar-refractivity contribution in [3.05, 3.63) is 41.6 Å². The zero-order valence-corrected chi connectivity index (χ0v) is 22.8. The highest BCUT2D eigenvalue weighted by molar-refractivity contribution is 7.99. The van der Waals surface area contributed by atoms with Gasteiger partial charge in [0.25, 0.3) is 0 Å². The molecule has 1 aromatic carbocycles. The third-order valence-corrected chi connectivity index (χ3v) is 7.51. The second kappa shape index (κ2) is 11.4. The van der Waals surface area contributed by atoms with Gasteiger partial charge in [-0.15, -0.1) is 0 Å². The summed E-state index contributed by atoms with van der Waals surface area (Å²) in [6.07, 6.45) is 2.55. The van der Waals surface area contributed by atoms with Crippen LogP contribution in [0.3, 0.4) is 0 Å². The maximum atomic E-state index is 12.2. The molecule has 10 nitrogen and oxygen atoms in total. The number of carbonyl (C=O) groups is 2. The molecule has 0 bridgehead atoms. The van der Waals surface area contributed by atoms with Gasteiger partial charge in [0, 0.05) is 62.1 Å². The lowest BCUT2D eigenvalue weighted by Crippen LogP contribution is -2.48. The number of carbonyl (C=O) groups excluding carboxylic acids is 2. The van der Waals surface area contributed by atoms with E-state index in [1.807, 2.05) is 49.1 Å². The molecule has 0 atom stereocenters. The summed E-state index contributed by atoms with van der Waals surface area (Å²) in [7, 11) is 0. The van der Waals surface area contributed by atoms with Crippen LogP contribution in [0.1, 0.15) is 37.9 Å². The minimum atomic E-state index is 0.0761. The van der Waals surface area contributed by atoms with Gasteiger partial charge in [-0.05, 0) is 56.1 Å². The summed E-state index contributed by atoms with van der Waals surface area (Å²) in [5.74, 6) is 3.09. The molecule has 0 radical (unpaired) electrons. The Morgan fingerprint density at radius 2 is 1.87 bits per heavy atom. The number of ether oxygens (including phenoxy) is 1. The molecule has 200 valence electrons. The molecule has 1 saturated heterocycles. The number of aromatic amines is 1. The Labute approximate surface area is 226 Å². The summed E-state index contributed by atoms with van der Waals surface area (Å²) in [6.45, 7) is 8.44. The molecule has 2 fully saturated rings. The molecule has 1 aliphatic heterocycles. The van der Waals surface area contributed by atoms with E-state index in [1.165, 1.54) is 11.8 Å². The number of nitrogens with zero attached hydrogens (tertiary/aromatic N) is 5. The van der Waals surface area contributed by atoms with Crippen LogP contribution in [-0.4, -0.2) is 69.5 Å². The number of anilines is 3. The first-order valence-electron chi connectivity index (χ1n) is 13.0. The molecule has 2 N–H and O–H groups in total. The predicted molar refractivity (Wildman–Crippen MR) is 146 cm³/mol. The quantitative estimate of drug-likeness (QED) is 0.372. The molecular formula is C27H33N7O3S. The van der Waals surface area contributed by atoms with Crippen LogP contribution in [0, 0.1) is 12.8 Å². The number of hydrogen-bond acceptors (Lipinski definition) is 9. The summed E-state index contributed by atoms with van der Waals surface area (Å²) in [6, 6.07) is 9.93. The van der Waals surface area contributed by atoms with Gasteiger partial charge < -0.3 is 19.9 Å². The fraction of sp³-hybridized carbons (Fsp3) is 0.444. The second-order valence-corrected chi connectivity index (χ2v) is 10.7. The van der Waals surface area contributed by atoms with Crippen molar-refractivity contribution in [3.8, 4) is 5.75 Å². The van der Waals surface area contributed by atoms with Crippen LogP contribution in [0.15, 0.2) is 40.4 Å². The van der Waals surface area contributed by atoms with Crippen LogP contribution < -0.4 is 15.0 Å². The van der Waals surface area contributed by atoms with Crippen molar-refractivity contribution in [2.24, 2.45) is 5.92 Å². The number of aryl methyl sites for hydroxylation is 1. The zero-order chi connectivity index (χ0) is 26.6. The van der Waals surface area contributed by atoms with Crippen LogP contribution in [0.2, 0.25) is 0 Å². The van der Waals surface area contributed by atoms with Crippen molar-refractivity contribution >= 4 is 40.9 Å². The molecule has 1 saturated carbocycles. The lowest BCUT2D eigenvalue weighted by molar-refractivity contribution is -0.129. The van der Waals surface area contributed by atoms with Crippen molar-refractivity contribution in [2.45, 2.75) is 50.1 Å². The van der Waals surface area contributed by atoms with Gasteiger partial charge in [0.1, 0.15) is 5.78 Å². The van der Waals surface area contributed by atoms with E-state index in [4.69, 9.17) is 14.7 Å². The molecule has 1 amide bonds. The molecule has 5 rings (SSSR count). The first kappa shape index (κ1) is 26.0. The molecular weight excluding hydrogens is 502 g/mol. The lowest BCUT2D eigenvalue weighted by atomic mass is 10.1. The van der Waals surface area contributed by atoms with Gasteiger partial charge in [0.05, 0.1) is 6.61 Å². The zero-order valence-electron chi connectivity index (χ0n) is 22.0. The first-order valence-corrected chi connectivity index (χ1v) is 13.8. The molecule has 3 aromatic rings. The number of nitrogens with one attached hydrogen (secondary N) is 2. The van der Waals surface area contributed by atoms with Gasteiger partial charge in [-0.1, -0.05) is 12.1 Å². The van der Waals surface area contributed by atoms with E-state index < -0.39 is 0 Å². The topological polar surface area (TPSA) is 116 Å². The molecule has 38 heavy (non-hydrogen) atoms.